The third-order valence-corrected chi connectivity index (χ3v) is 4.00. The molecule has 4 N–H and O–H groups in total. The minimum absolute atomic E-state index is 0.124. The predicted molar refractivity (Wildman–Crippen MR) is 81.4 cm³/mol. The number of aliphatic hydroxyl groups is 4. The lowest BCUT2D eigenvalue weighted by Gasteiger charge is -2.24. The topological polar surface area (TPSA) is 80.9 Å². The van der Waals surface area contributed by atoms with Gasteiger partial charge in [0, 0.05) is 13.2 Å². The average Bonchev–Trinajstić information content (AvgIpc) is 2.40. The number of hydrogen-bond acceptors (Lipinski definition) is 4. The molecule has 4 nitrogen and oxygen atoms in total. The Kier molecular flexibility index (Phi) is 8.91. The van der Waals surface area contributed by atoms with Crippen molar-refractivity contribution in [2.24, 2.45) is 10.8 Å². The van der Waals surface area contributed by atoms with E-state index in [0.717, 1.165) is 12.8 Å². The molecule has 0 radical (unpaired) electrons. The van der Waals surface area contributed by atoms with Crippen LogP contribution in [0.3, 0.4) is 0 Å². The van der Waals surface area contributed by atoms with Gasteiger partial charge in [-0.3, -0.25) is 0 Å². The van der Waals surface area contributed by atoms with E-state index in [2.05, 4.69) is 0 Å². The third kappa shape index (κ3) is 9.70. The molecule has 0 rings (SSSR count). The van der Waals surface area contributed by atoms with Crippen LogP contribution in [0.1, 0.15) is 66.2 Å². The Morgan fingerprint density at radius 3 is 1.20 bits per heavy atom. The van der Waals surface area contributed by atoms with Crippen LogP contribution < -0.4 is 0 Å². The summed E-state index contributed by atoms with van der Waals surface area (Å²) >= 11 is 0. The molecule has 0 bridgehead atoms. The number of hydrogen-bond donors (Lipinski definition) is 4. The number of aliphatic hydroxyl groups excluding tert-OH is 4. The van der Waals surface area contributed by atoms with E-state index in [1.54, 1.807) is 0 Å². The summed E-state index contributed by atoms with van der Waals surface area (Å²) in [6.45, 7) is 8.16. The highest BCUT2D eigenvalue weighted by molar-refractivity contribution is 4.72. The molecule has 0 amide bonds. The largest absolute Gasteiger partial charge is 0.396 e. The zero-order chi connectivity index (χ0) is 15.8. The molecule has 0 saturated carbocycles. The fourth-order valence-electron chi connectivity index (χ4n) is 1.95. The van der Waals surface area contributed by atoms with Gasteiger partial charge >= 0.3 is 0 Å². The summed E-state index contributed by atoms with van der Waals surface area (Å²) in [6.07, 6.45) is 3.20. The molecule has 0 aromatic rings. The van der Waals surface area contributed by atoms with Crippen molar-refractivity contribution < 1.29 is 20.4 Å². The molecule has 0 aromatic carbocycles. The van der Waals surface area contributed by atoms with E-state index >= 15 is 0 Å². The first-order valence-corrected chi connectivity index (χ1v) is 7.70. The maximum atomic E-state index is 9.90. The Hall–Kier alpha value is -0.160. The van der Waals surface area contributed by atoms with Gasteiger partial charge in [0.15, 0.2) is 0 Å². The second-order valence-electron chi connectivity index (χ2n) is 7.61. The number of rotatable bonds is 11. The van der Waals surface area contributed by atoms with Gasteiger partial charge in [-0.1, -0.05) is 27.7 Å². The van der Waals surface area contributed by atoms with Crippen LogP contribution in [0.25, 0.3) is 0 Å². The van der Waals surface area contributed by atoms with Gasteiger partial charge in [-0.2, -0.15) is 0 Å². The lowest BCUT2D eigenvalue weighted by atomic mass is 9.85. The minimum atomic E-state index is -0.415. The quantitative estimate of drug-likeness (QED) is 0.470. The Balaban J connectivity index is 3.81. The van der Waals surface area contributed by atoms with Crippen molar-refractivity contribution in [1.82, 2.24) is 0 Å². The van der Waals surface area contributed by atoms with Gasteiger partial charge < -0.3 is 20.4 Å². The molecule has 0 heterocycles. The zero-order valence-corrected chi connectivity index (χ0v) is 13.6. The Labute approximate surface area is 123 Å². The van der Waals surface area contributed by atoms with Crippen molar-refractivity contribution >= 4 is 0 Å². The fraction of sp³-hybridized carbons (Fsp3) is 1.00. The van der Waals surface area contributed by atoms with Gasteiger partial charge in [0.25, 0.3) is 0 Å². The average molecular weight is 290 g/mol. The van der Waals surface area contributed by atoms with E-state index in [-0.39, 0.29) is 24.0 Å². The van der Waals surface area contributed by atoms with Gasteiger partial charge in [-0.05, 0) is 49.4 Å². The van der Waals surface area contributed by atoms with Crippen LogP contribution in [0.5, 0.6) is 0 Å². The summed E-state index contributed by atoms with van der Waals surface area (Å²) in [6, 6.07) is 0. The molecule has 0 fully saturated rings. The van der Waals surface area contributed by atoms with E-state index in [1.807, 2.05) is 27.7 Å². The van der Waals surface area contributed by atoms with Gasteiger partial charge in [0.05, 0.1) is 12.2 Å². The summed E-state index contributed by atoms with van der Waals surface area (Å²) in [7, 11) is 0. The van der Waals surface area contributed by atoms with Crippen LogP contribution in [-0.4, -0.2) is 45.8 Å². The molecule has 2 unspecified atom stereocenters. The minimum Gasteiger partial charge on any atom is -0.396 e. The molecular formula is C16H34O4. The van der Waals surface area contributed by atoms with Crippen LogP contribution in [-0.2, 0) is 0 Å². The Morgan fingerprint density at radius 1 is 0.650 bits per heavy atom. The van der Waals surface area contributed by atoms with E-state index in [1.165, 1.54) is 0 Å². The molecule has 20 heavy (non-hydrogen) atoms. The van der Waals surface area contributed by atoms with E-state index in [4.69, 9.17) is 10.2 Å². The van der Waals surface area contributed by atoms with E-state index < -0.39 is 12.2 Å². The first-order chi connectivity index (χ1) is 9.12. The normalized spacial score (nSPS) is 16.2. The van der Waals surface area contributed by atoms with Crippen molar-refractivity contribution in [3.05, 3.63) is 0 Å². The van der Waals surface area contributed by atoms with E-state index in [0.29, 0.717) is 25.7 Å². The van der Waals surface area contributed by atoms with Gasteiger partial charge in [-0.15, -0.1) is 0 Å². The highest BCUT2D eigenvalue weighted by Crippen LogP contribution is 2.25. The summed E-state index contributed by atoms with van der Waals surface area (Å²) in [5.41, 5.74) is -0.296. The molecule has 0 aliphatic carbocycles. The lowest BCUT2D eigenvalue weighted by Crippen LogP contribution is -2.22. The second kappa shape index (κ2) is 8.98. The Morgan fingerprint density at radius 2 is 0.950 bits per heavy atom. The Bertz CT molecular complexity index is 225. The van der Waals surface area contributed by atoms with Crippen LogP contribution in [0, 0.1) is 10.8 Å². The second-order valence-corrected chi connectivity index (χ2v) is 7.61. The molecule has 0 saturated heterocycles. The van der Waals surface area contributed by atoms with Gasteiger partial charge in [0.2, 0.25) is 0 Å². The lowest BCUT2D eigenvalue weighted by molar-refractivity contribution is 0.0724. The zero-order valence-electron chi connectivity index (χ0n) is 13.6. The maximum absolute atomic E-state index is 9.90. The summed E-state index contributed by atoms with van der Waals surface area (Å²) < 4.78 is 0. The third-order valence-electron chi connectivity index (χ3n) is 4.00. The van der Waals surface area contributed by atoms with Crippen LogP contribution in [0.4, 0.5) is 0 Å². The maximum Gasteiger partial charge on any atom is 0.0541 e. The van der Waals surface area contributed by atoms with Crippen molar-refractivity contribution in [3.63, 3.8) is 0 Å². The summed E-state index contributed by atoms with van der Waals surface area (Å²) in [5.74, 6) is 0. The van der Waals surface area contributed by atoms with E-state index in [9.17, 15) is 10.2 Å². The van der Waals surface area contributed by atoms with Crippen molar-refractivity contribution in [3.8, 4) is 0 Å². The SMILES string of the molecule is CC(C)(CO)CCC(O)CCC(O)CCC(C)(C)CO. The molecule has 0 aromatic heterocycles. The molecule has 2 atom stereocenters. The first-order valence-electron chi connectivity index (χ1n) is 7.70. The summed E-state index contributed by atoms with van der Waals surface area (Å²) in [5, 5.41) is 38.1. The van der Waals surface area contributed by atoms with Gasteiger partial charge in [-0.25, -0.2) is 0 Å². The molecule has 122 valence electrons. The highest BCUT2D eigenvalue weighted by Gasteiger charge is 2.20. The monoisotopic (exact) mass is 290 g/mol. The molecule has 0 aliphatic heterocycles. The molecule has 0 spiro atoms. The predicted octanol–water partition coefficient (Wildman–Crippen LogP) is 2.09. The highest BCUT2D eigenvalue weighted by atomic mass is 16.3. The first kappa shape index (κ1) is 19.8. The molecule has 4 heteroatoms. The molecule has 0 aliphatic rings. The standard InChI is InChI=1S/C16H34O4/c1-15(2,11-17)9-7-13(19)5-6-14(20)8-10-16(3,4)12-18/h13-14,17-20H,5-12H2,1-4H3. The van der Waals surface area contributed by atoms with Crippen LogP contribution in [0.15, 0.2) is 0 Å². The van der Waals surface area contributed by atoms with Crippen molar-refractivity contribution in [1.29, 1.82) is 0 Å². The van der Waals surface area contributed by atoms with Crippen molar-refractivity contribution in [2.75, 3.05) is 13.2 Å². The van der Waals surface area contributed by atoms with Gasteiger partial charge in [0.1, 0.15) is 0 Å². The van der Waals surface area contributed by atoms with Crippen molar-refractivity contribution in [2.45, 2.75) is 78.4 Å². The smallest absolute Gasteiger partial charge is 0.0541 e. The molecular weight excluding hydrogens is 256 g/mol. The van der Waals surface area contributed by atoms with Crippen LogP contribution >= 0.6 is 0 Å². The fourth-order valence-corrected chi connectivity index (χ4v) is 1.95. The van der Waals surface area contributed by atoms with Crippen LogP contribution in [0.2, 0.25) is 0 Å². The summed E-state index contributed by atoms with van der Waals surface area (Å²) in [4.78, 5) is 0.